The molecule has 0 aliphatic carbocycles. The van der Waals surface area contributed by atoms with Crippen molar-refractivity contribution in [2.45, 2.75) is 17.9 Å². The third-order valence-electron chi connectivity index (χ3n) is 3.83. The lowest BCUT2D eigenvalue weighted by molar-refractivity contribution is -0.119. The van der Waals surface area contributed by atoms with E-state index in [4.69, 9.17) is 11.6 Å². The van der Waals surface area contributed by atoms with Gasteiger partial charge in [-0.2, -0.15) is 5.10 Å². The van der Waals surface area contributed by atoms with Crippen LogP contribution in [0.15, 0.2) is 66.1 Å². The molecular weight excluding hydrogens is 398 g/mol. The summed E-state index contributed by atoms with van der Waals surface area (Å²) in [7, 11) is 0. The van der Waals surface area contributed by atoms with Gasteiger partial charge in [-0.15, -0.1) is 11.8 Å². The minimum Gasteiger partial charge on any atom is -0.325 e. The fourth-order valence-corrected chi connectivity index (χ4v) is 3.12. The molecule has 0 aliphatic rings. The first-order chi connectivity index (χ1) is 13.5. The molecule has 1 unspecified atom stereocenters. The van der Waals surface area contributed by atoms with Crippen molar-refractivity contribution in [3.05, 3.63) is 66.2 Å². The van der Waals surface area contributed by atoms with Crippen molar-refractivity contribution < 1.29 is 9.59 Å². The summed E-state index contributed by atoms with van der Waals surface area (Å²) in [6, 6.07) is 13.8. The number of nitrogens with zero attached hydrogens (tertiary/aromatic N) is 3. The molecule has 0 saturated heterocycles. The molecule has 0 spiro atoms. The van der Waals surface area contributed by atoms with E-state index in [1.807, 2.05) is 12.1 Å². The van der Waals surface area contributed by atoms with Gasteiger partial charge in [0.25, 0.3) is 0 Å². The first-order valence-corrected chi connectivity index (χ1v) is 9.81. The molecule has 1 aromatic heterocycles. The average molecular weight is 416 g/mol. The van der Waals surface area contributed by atoms with Crippen molar-refractivity contribution in [3.8, 4) is 0 Å². The Kier molecular flexibility index (Phi) is 6.67. The van der Waals surface area contributed by atoms with Gasteiger partial charge in [-0.1, -0.05) is 11.6 Å². The maximum absolute atomic E-state index is 12.2. The summed E-state index contributed by atoms with van der Waals surface area (Å²) in [6.07, 6.45) is 2.87. The summed E-state index contributed by atoms with van der Waals surface area (Å²) in [5.74, 6) is -0.0339. The number of anilines is 2. The van der Waals surface area contributed by atoms with Gasteiger partial charge in [0.1, 0.15) is 18.7 Å². The predicted octanol–water partition coefficient (Wildman–Crippen LogP) is 3.86. The Labute approximate surface area is 171 Å². The second-order valence-electron chi connectivity index (χ2n) is 5.91. The normalized spacial score (nSPS) is 11.6. The van der Waals surface area contributed by atoms with Crippen molar-refractivity contribution >= 4 is 46.6 Å². The Hall–Kier alpha value is -2.84. The molecule has 0 aliphatic heterocycles. The van der Waals surface area contributed by atoms with Gasteiger partial charge in [0.2, 0.25) is 11.8 Å². The molecule has 0 bridgehead atoms. The van der Waals surface area contributed by atoms with Crippen LogP contribution in [-0.2, 0) is 9.59 Å². The van der Waals surface area contributed by atoms with Crippen molar-refractivity contribution in [1.82, 2.24) is 14.8 Å². The van der Waals surface area contributed by atoms with Gasteiger partial charge in [0.15, 0.2) is 0 Å². The zero-order chi connectivity index (χ0) is 19.9. The Morgan fingerprint density at radius 2 is 1.71 bits per heavy atom. The van der Waals surface area contributed by atoms with Crippen molar-refractivity contribution in [1.29, 1.82) is 0 Å². The second kappa shape index (κ2) is 9.38. The van der Waals surface area contributed by atoms with Gasteiger partial charge in [-0.3, -0.25) is 9.59 Å². The summed E-state index contributed by atoms with van der Waals surface area (Å²) < 4.78 is 1.47. The molecule has 3 aromatic rings. The summed E-state index contributed by atoms with van der Waals surface area (Å²) in [6.45, 7) is 1.73. The van der Waals surface area contributed by atoms with E-state index in [1.165, 1.54) is 29.1 Å². The highest BCUT2D eigenvalue weighted by Crippen LogP contribution is 2.21. The lowest BCUT2D eigenvalue weighted by Crippen LogP contribution is -2.24. The van der Waals surface area contributed by atoms with E-state index in [0.717, 1.165) is 4.90 Å². The summed E-state index contributed by atoms with van der Waals surface area (Å²) >= 11 is 7.28. The maximum atomic E-state index is 12.2. The summed E-state index contributed by atoms with van der Waals surface area (Å²) in [4.78, 5) is 29.1. The van der Waals surface area contributed by atoms with Gasteiger partial charge < -0.3 is 10.6 Å². The number of aromatic nitrogens is 3. The molecule has 0 saturated carbocycles. The number of hydrogen-bond acceptors (Lipinski definition) is 5. The number of benzene rings is 2. The molecular formula is C19H18ClN5O2S. The van der Waals surface area contributed by atoms with Crippen molar-refractivity contribution in [2.75, 3.05) is 16.4 Å². The van der Waals surface area contributed by atoms with Crippen LogP contribution in [0.1, 0.15) is 13.0 Å². The highest BCUT2D eigenvalue weighted by Gasteiger charge is 2.15. The lowest BCUT2D eigenvalue weighted by Gasteiger charge is -2.12. The zero-order valence-corrected chi connectivity index (χ0v) is 16.6. The number of rotatable bonds is 7. The van der Waals surface area contributed by atoms with Crippen LogP contribution in [0, 0.1) is 0 Å². The number of carbonyl (C=O) groups excluding carboxylic acids is 2. The SMILES string of the molecule is CC(C(=O)Nc1ccc(NC(=O)CSc2ccc(Cl)cc2)cc1)n1cncn1. The fourth-order valence-electron chi connectivity index (χ4n) is 2.30. The molecule has 2 aromatic carbocycles. The number of hydrogen-bond donors (Lipinski definition) is 2. The number of carbonyl (C=O) groups is 2. The minimum atomic E-state index is -0.480. The van der Waals surface area contributed by atoms with Crippen LogP contribution in [0.25, 0.3) is 0 Å². The van der Waals surface area contributed by atoms with Crippen LogP contribution in [0.3, 0.4) is 0 Å². The topological polar surface area (TPSA) is 88.9 Å². The molecule has 144 valence electrons. The fraction of sp³-hybridized carbons (Fsp3) is 0.158. The smallest absolute Gasteiger partial charge is 0.249 e. The van der Waals surface area contributed by atoms with E-state index in [2.05, 4.69) is 20.7 Å². The quantitative estimate of drug-likeness (QED) is 0.572. The van der Waals surface area contributed by atoms with Crippen LogP contribution in [0.2, 0.25) is 5.02 Å². The number of halogens is 1. The van der Waals surface area contributed by atoms with Gasteiger partial charge in [-0.05, 0) is 55.5 Å². The molecule has 1 heterocycles. The van der Waals surface area contributed by atoms with Gasteiger partial charge in [-0.25, -0.2) is 9.67 Å². The van der Waals surface area contributed by atoms with Crippen molar-refractivity contribution in [3.63, 3.8) is 0 Å². The monoisotopic (exact) mass is 415 g/mol. The van der Waals surface area contributed by atoms with E-state index >= 15 is 0 Å². The Morgan fingerprint density at radius 3 is 2.32 bits per heavy atom. The molecule has 9 heteroatoms. The number of thioether (sulfide) groups is 1. The first kappa shape index (κ1) is 19.9. The van der Waals surface area contributed by atoms with E-state index in [1.54, 1.807) is 43.3 Å². The van der Waals surface area contributed by atoms with Crippen LogP contribution >= 0.6 is 23.4 Å². The largest absolute Gasteiger partial charge is 0.325 e. The van der Waals surface area contributed by atoms with Gasteiger partial charge in [0.05, 0.1) is 5.75 Å². The second-order valence-corrected chi connectivity index (χ2v) is 7.39. The zero-order valence-electron chi connectivity index (χ0n) is 15.0. The third-order valence-corrected chi connectivity index (χ3v) is 5.10. The molecule has 3 rings (SSSR count). The van der Waals surface area contributed by atoms with E-state index in [0.29, 0.717) is 16.4 Å². The average Bonchev–Trinajstić information content (AvgIpc) is 3.23. The van der Waals surface area contributed by atoms with Gasteiger partial charge >= 0.3 is 0 Å². The van der Waals surface area contributed by atoms with Gasteiger partial charge in [0, 0.05) is 21.3 Å². The summed E-state index contributed by atoms with van der Waals surface area (Å²) in [5.41, 5.74) is 1.29. The van der Waals surface area contributed by atoms with E-state index in [9.17, 15) is 9.59 Å². The Bertz CT molecular complexity index is 930. The van der Waals surface area contributed by atoms with Crippen LogP contribution in [-0.4, -0.2) is 32.3 Å². The Morgan fingerprint density at radius 1 is 1.07 bits per heavy atom. The lowest BCUT2D eigenvalue weighted by atomic mass is 10.2. The molecule has 2 amide bonds. The van der Waals surface area contributed by atoms with Crippen LogP contribution in [0.5, 0.6) is 0 Å². The van der Waals surface area contributed by atoms with E-state index < -0.39 is 6.04 Å². The first-order valence-electron chi connectivity index (χ1n) is 8.44. The molecule has 1 atom stereocenters. The van der Waals surface area contributed by atoms with E-state index in [-0.39, 0.29) is 17.6 Å². The Balaban J connectivity index is 1.49. The highest BCUT2D eigenvalue weighted by atomic mass is 35.5. The molecule has 0 fully saturated rings. The molecule has 2 N–H and O–H groups in total. The van der Waals surface area contributed by atoms with Crippen LogP contribution < -0.4 is 10.6 Å². The van der Waals surface area contributed by atoms with Crippen LogP contribution in [0.4, 0.5) is 11.4 Å². The number of nitrogens with one attached hydrogen (secondary N) is 2. The number of amides is 2. The minimum absolute atomic E-state index is 0.114. The predicted molar refractivity (Wildman–Crippen MR) is 111 cm³/mol. The molecule has 7 nitrogen and oxygen atoms in total. The maximum Gasteiger partial charge on any atom is 0.249 e. The molecule has 28 heavy (non-hydrogen) atoms. The highest BCUT2D eigenvalue weighted by molar-refractivity contribution is 8.00. The summed E-state index contributed by atoms with van der Waals surface area (Å²) in [5, 5.41) is 10.3. The standard InChI is InChI=1S/C19H18ClN5O2S/c1-13(25-12-21-11-22-25)19(27)24-16-6-4-15(5-7-16)23-18(26)10-28-17-8-2-14(20)3-9-17/h2-9,11-13H,10H2,1H3,(H,23,26)(H,24,27). The third kappa shape index (κ3) is 5.58. The van der Waals surface area contributed by atoms with Crippen molar-refractivity contribution in [2.24, 2.45) is 0 Å². The molecule has 0 radical (unpaired) electrons.